The lowest BCUT2D eigenvalue weighted by molar-refractivity contribution is -0.135. The van der Waals surface area contributed by atoms with Crippen LogP contribution in [0.5, 0.6) is 5.88 Å². The maximum absolute atomic E-state index is 11.0. The molecule has 0 radical (unpaired) electrons. The summed E-state index contributed by atoms with van der Waals surface area (Å²) >= 11 is 0. The van der Waals surface area contributed by atoms with Crippen molar-refractivity contribution in [2.24, 2.45) is 0 Å². The SMILES string of the molecule is CCCOc1cc(N(CC(=O)O)C(C)(C)C)ncn1. The molecule has 0 fully saturated rings. The summed E-state index contributed by atoms with van der Waals surface area (Å²) in [7, 11) is 0. The van der Waals surface area contributed by atoms with E-state index in [1.165, 1.54) is 6.33 Å². The van der Waals surface area contributed by atoms with Crippen LogP contribution in [-0.2, 0) is 4.79 Å². The smallest absolute Gasteiger partial charge is 0.323 e. The quantitative estimate of drug-likeness (QED) is 0.849. The summed E-state index contributed by atoms with van der Waals surface area (Å²) in [6.45, 7) is 8.27. The van der Waals surface area contributed by atoms with Crippen molar-refractivity contribution in [1.82, 2.24) is 9.97 Å². The number of hydrogen-bond acceptors (Lipinski definition) is 5. The van der Waals surface area contributed by atoms with Gasteiger partial charge < -0.3 is 14.7 Å². The highest BCUT2D eigenvalue weighted by atomic mass is 16.5. The average Bonchev–Trinajstić information content (AvgIpc) is 2.32. The number of aliphatic carboxylic acids is 1. The fourth-order valence-corrected chi connectivity index (χ4v) is 1.56. The van der Waals surface area contributed by atoms with Crippen molar-refractivity contribution in [1.29, 1.82) is 0 Å². The zero-order valence-corrected chi connectivity index (χ0v) is 11.9. The summed E-state index contributed by atoms with van der Waals surface area (Å²) in [4.78, 5) is 20.8. The molecule has 0 spiro atoms. The van der Waals surface area contributed by atoms with Gasteiger partial charge in [0.05, 0.1) is 6.61 Å². The second-order valence-corrected chi connectivity index (χ2v) is 5.21. The van der Waals surface area contributed by atoms with Gasteiger partial charge in [0.2, 0.25) is 5.88 Å². The number of carboxylic acids is 1. The molecule has 0 aromatic carbocycles. The molecule has 0 aliphatic rings. The maximum Gasteiger partial charge on any atom is 0.323 e. The molecule has 106 valence electrons. The highest BCUT2D eigenvalue weighted by Gasteiger charge is 2.25. The van der Waals surface area contributed by atoms with Crippen molar-refractivity contribution in [3.63, 3.8) is 0 Å². The molecule has 1 rings (SSSR count). The Morgan fingerprint density at radius 2 is 2.11 bits per heavy atom. The fraction of sp³-hybridized carbons (Fsp3) is 0.615. The zero-order valence-electron chi connectivity index (χ0n) is 11.9. The minimum Gasteiger partial charge on any atom is -0.480 e. The molecule has 0 bridgehead atoms. The van der Waals surface area contributed by atoms with Crippen LogP contribution in [0.1, 0.15) is 34.1 Å². The Morgan fingerprint density at radius 3 is 2.63 bits per heavy atom. The Labute approximate surface area is 113 Å². The van der Waals surface area contributed by atoms with Crippen LogP contribution in [0.3, 0.4) is 0 Å². The van der Waals surface area contributed by atoms with Crippen LogP contribution in [0.4, 0.5) is 5.82 Å². The number of rotatable bonds is 6. The van der Waals surface area contributed by atoms with E-state index in [4.69, 9.17) is 9.84 Å². The van der Waals surface area contributed by atoms with Crippen LogP contribution in [0.2, 0.25) is 0 Å². The lowest BCUT2D eigenvalue weighted by Crippen LogP contribution is -2.45. The van der Waals surface area contributed by atoms with Gasteiger partial charge in [-0.2, -0.15) is 0 Å². The van der Waals surface area contributed by atoms with Gasteiger partial charge in [-0.05, 0) is 27.2 Å². The number of carbonyl (C=O) groups is 1. The average molecular weight is 267 g/mol. The van der Waals surface area contributed by atoms with Crippen molar-refractivity contribution in [3.8, 4) is 5.88 Å². The van der Waals surface area contributed by atoms with E-state index in [2.05, 4.69) is 9.97 Å². The van der Waals surface area contributed by atoms with E-state index in [-0.39, 0.29) is 12.1 Å². The lowest BCUT2D eigenvalue weighted by Gasteiger charge is -2.35. The first-order valence-corrected chi connectivity index (χ1v) is 6.29. The molecule has 0 saturated heterocycles. The number of hydrogen-bond donors (Lipinski definition) is 1. The number of ether oxygens (including phenoxy) is 1. The van der Waals surface area contributed by atoms with Gasteiger partial charge in [0, 0.05) is 11.6 Å². The van der Waals surface area contributed by atoms with Crippen LogP contribution in [0.15, 0.2) is 12.4 Å². The third-order valence-electron chi connectivity index (χ3n) is 2.46. The standard InChI is InChI=1S/C13H21N3O3/c1-5-6-19-11-7-10(14-9-15-11)16(8-12(17)18)13(2,3)4/h7,9H,5-6,8H2,1-4H3,(H,17,18). The summed E-state index contributed by atoms with van der Waals surface area (Å²) in [5.41, 5.74) is -0.352. The first-order chi connectivity index (χ1) is 8.84. The Morgan fingerprint density at radius 1 is 1.42 bits per heavy atom. The number of anilines is 1. The van der Waals surface area contributed by atoms with Crippen LogP contribution >= 0.6 is 0 Å². The lowest BCUT2D eigenvalue weighted by atomic mass is 10.1. The first kappa shape index (κ1) is 15.2. The zero-order chi connectivity index (χ0) is 14.5. The van der Waals surface area contributed by atoms with Gasteiger partial charge in [-0.25, -0.2) is 9.97 Å². The van der Waals surface area contributed by atoms with Crippen LogP contribution in [0.25, 0.3) is 0 Å². The van der Waals surface area contributed by atoms with E-state index in [0.29, 0.717) is 18.3 Å². The molecule has 6 nitrogen and oxygen atoms in total. The molecule has 0 atom stereocenters. The van der Waals surface area contributed by atoms with Gasteiger partial charge in [-0.3, -0.25) is 4.79 Å². The molecule has 0 amide bonds. The van der Waals surface area contributed by atoms with Crippen LogP contribution < -0.4 is 9.64 Å². The van der Waals surface area contributed by atoms with Gasteiger partial charge in [-0.1, -0.05) is 6.92 Å². The third kappa shape index (κ3) is 4.73. The summed E-state index contributed by atoms with van der Waals surface area (Å²) in [5.74, 6) is 0.118. The highest BCUT2D eigenvalue weighted by Crippen LogP contribution is 2.23. The Hall–Kier alpha value is -1.85. The number of carboxylic acid groups (broad SMARTS) is 1. The largest absolute Gasteiger partial charge is 0.480 e. The fourth-order valence-electron chi connectivity index (χ4n) is 1.56. The van der Waals surface area contributed by atoms with Crippen molar-refractivity contribution in [2.75, 3.05) is 18.1 Å². The van der Waals surface area contributed by atoms with E-state index in [0.717, 1.165) is 6.42 Å². The molecule has 1 heterocycles. The molecular formula is C13H21N3O3. The Balaban J connectivity index is 2.98. The molecule has 0 aliphatic heterocycles. The molecule has 0 aliphatic carbocycles. The second kappa shape index (κ2) is 6.36. The van der Waals surface area contributed by atoms with E-state index in [1.54, 1.807) is 11.0 Å². The highest BCUT2D eigenvalue weighted by molar-refractivity contribution is 5.73. The molecule has 19 heavy (non-hydrogen) atoms. The molecule has 0 unspecified atom stereocenters. The summed E-state index contributed by atoms with van der Waals surface area (Å²) in [6, 6.07) is 1.67. The molecule has 1 N–H and O–H groups in total. The van der Waals surface area contributed by atoms with E-state index in [1.807, 2.05) is 27.7 Å². The third-order valence-corrected chi connectivity index (χ3v) is 2.46. The van der Waals surface area contributed by atoms with Crippen molar-refractivity contribution < 1.29 is 14.6 Å². The summed E-state index contributed by atoms with van der Waals surface area (Å²) < 4.78 is 5.44. The first-order valence-electron chi connectivity index (χ1n) is 6.29. The number of aromatic nitrogens is 2. The number of nitrogens with zero attached hydrogens (tertiary/aromatic N) is 3. The van der Waals surface area contributed by atoms with E-state index in [9.17, 15) is 4.79 Å². The topological polar surface area (TPSA) is 75.5 Å². The minimum atomic E-state index is -0.899. The van der Waals surface area contributed by atoms with Crippen LogP contribution in [-0.4, -0.2) is 39.7 Å². The summed E-state index contributed by atoms with van der Waals surface area (Å²) in [5, 5.41) is 9.00. The summed E-state index contributed by atoms with van der Waals surface area (Å²) in [6.07, 6.45) is 2.28. The molecular weight excluding hydrogens is 246 g/mol. The van der Waals surface area contributed by atoms with Gasteiger partial charge in [0.1, 0.15) is 18.7 Å². The second-order valence-electron chi connectivity index (χ2n) is 5.21. The van der Waals surface area contributed by atoms with Crippen molar-refractivity contribution >= 4 is 11.8 Å². The van der Waals surface area contributed by atoms with E-state index >= 15 is 0 Å². The van der Waals surface area contributed by atoms with Gasteiger partial charge in [0.25, 0.3) is 0 Å². The minimum absolute atomic E-state index is 0.117. The van der Waals surface area contributed by atoms with Crippen LogP contribution in [0, 0.1) is 0 Å². The monoisotopic (exact) mass is 267 g/mol. The predicted molar refractivity (Wildman–Crippen MR) is 72.6 cm³/mol. The van der Waals surface area contributed by atoms with Gasteiger partial charge in [0.15, 0.2) is 0 Å². The van der Waals surface area contributed by atoms with Crippen molar-refractivity contribution in [3.05, 3.63) is 12.4 Å². The molecule has 1 aromatic heterocycles. The maximum atomic E-state index is 11.0. The molecule has 0 saturated carbocycles. The predicted octanol–water partition coefficient (Wildman–Crippen LogP) is 1.95. The molecule has 6 heteroatoms. The Kier molecular flexibility index (Phi) is 5.09. The van der Waals surface area contributed by atoms with Gasteiger partial charge >= 0.3 is 5.97 Å². The van der Waals surface area contributed by atoms with E-state index < -0.39 is 5.97 Å². The normalized spacial score (nSPS) is 11.2. The molecule has 1 aromatic rings. The Bertz CT molecular complexity index is 429. The van der Waals surface area contributed by atoms with Gasteiger partial charge in [-0.15, -0.1) is 0 Å². The van der Waals surface area contributed by atoms with Crippen molar-refractivity contribution in [2.45, 2.75) is 39.7 Å².